The van der Waals surface area contributed by atoms with Crippen molar-refractivity contribution in [3.05, 3.63) is 24.0 Å². The van der Waals surface area contributed by atoms with Gasteiger partial charge in [0.2, 0.25) is 10.0 Å². The number of hydrogen-bond acceptors (Lipinski definition) is 4. The molecule has 0 saturated carbocycles. The lowest BCUT2D eigenvalue weighted by Gasteiger charge is -2.26. The number of hydrogen-bond donors (Lipinski definition) is 1. The van der Waals surface area contributed by atoms with E-state index in [1.54, 1.807) is 25.4 Å². The van der Waals surface area contributed by atoms with Crippen LogP contribution in [0.1, 0.15) is 32.9 Å². The minimum Gasteiger partial charge on any atom is -0.325 e. The second kappa shape index (κ2) is 6.45. The van der Waals surface area contributed by atoms with E-state index in [1.807, 2.05) is 6.92 Å². The van der Waals surface area contributed by atoms with Gasteiger partial charge in [0.05, 0.1) is 5.69 Å². The first-order valence-electron chi connectivity index (χ1n) is 6.42. The number of aromatic nitrogens is 1. The van der Waals surface area contributed by atoms with Crippen LogP contribution in [0.3, 0.4) is 0 Å². The molecule has 1 aromatic heterocycles. The maximum atomic E-state index is 12.6. The van der Waals surface area contributed by atoms with E-state index in [0.717, 1.165) is 6.42 Å². The molecule has 6 heteroatoms. The summed E-state index contributed by atoms with van der Waals surface area (Å²) >= 11 is 0. The van der Waals surface area contributed by atoms with Crippen molar-refractivity contribution in [1.82, 2.24) is 9.29 Å². The maximum absolute atomic E-state index is 12.6. The van der Waals surface area contributed by atoms with Crippen molar-refractivity contribution in [3.8, 4) is 0 Å². The number of nitrogens with zero attached hydrogens (tertiary/aromatic N) is 2. The summed E-state index contributed by atoms with van der Waals surface area (Å²) in [5.41, 5.74) is 5.97. The van der Waals surface area contributed by atoms with Crippen molar-refractivity contribution in [2.24, 2.45) is 11.7 Å². The van der Waals surface area contributed by atoms with Gasteiger partial charge in [-0.05, 0) is 31.4 Å². The smallest absolute Gasteiger partial charge is 0.244 e. The Hall–Kier alpha value is -0.980. The van der Waals surface area contributed by atoms with E-state index >= 15 is 0 Å². The zero-order valence-electron chi connectivity index (χ0n) is 12.0. The molecule has 1 heterocycles. The normalized spacial score (nSPS) is 14.1. The highest BCUT2D eigenvalue weighted by atomic mass is 32.2. The molecule has 108 valence electrons. The second-order valence-electron chi connectivity index (χ2n) is 5.15. The van der Waals surface area contributed by atoms with Crippen LogP contribution in [0, 0.1) is 5.92 Å². The molecule has 1 unspecified atom stereocenters. The Morgan fingerprint density at radius 3 is 2.53 bits per heavy atom. The Morgan fingerprint density at radius 2 is 2.00 bits per heavy atom. The lowest BCUT2D eigenvalue weighted by Crippen LogP contribution is -2.36. The van der Waals surface area contributed by atoms with Gasteiger partial charge < -0.3 is 5.73 Å². The fourth-order valence-corrected chi connectivity index (χ4v) is 3.59. The molecule has 0 bridgehead atoms. The van der Waals surface area contributed by atoms with Crippen LogP contribution in [0.25, 0.3) is 0 Å². The molecular weight excluding hydrogens is 262 g/mol. The molecule has 19 heavy (non-hydrogen) atoms. The first-order valence-corrected chi connectivity index (χ1v) is 7.86. The molecule has 0 saturated heterocycles. The predicted molar refractivity (Wildman–Crippen MR) is 76.0 cm³/mol. The van der Waals surface area contributed by atoms with Crippen molar-refractivity contribution in [1.29, 1.82) is 0 Å². The lowest BCUT2D eigenvalue weighted by molar-refractivity contribution is 0.337. The molecule has 0 aliphatic carbocycles. The Balaban J connectivity index is 3.09. The van der Waals surface area contributed by atoms with Crippen LogP contribution in [0.4, 0.5) is 0 Å². The molecular formula is C13H23N3O2S. The molecule has 1 atom stereocenters. The van der Waals surface area contributed by atoms with Gasteiger partial charge in [-0.3, -0.25) is 4.98 Å². The van der Waals surface area contributed by atoms with Crippen LogP contribution >= 0.6 is 0 Å². The molecule has 1 aromatic rings. The lowest BCUT2D eigenvalue weighted by atomic mass is 10.1. The number of pyridine rings is 1. The van der Waals surface area contributed by atoms with Gasteiger partial charge in [0.15, 0.2) is 0 Å². The highest BCUT2D eigenvalue weighted by molar-refractivity contribution is 7.89. The third-order valence-corrected chi connectivity index (χ3v) is 5.18. The highest BCUT2D eigenvalue weighted by Crippen LogP contribution is 2.21. The van der Waals surface area contributed by atoms with Crippen molar-refractivity contribution in [3.63, 3.8) is 0 Å². The van der Waals surface area contributed by atoms with Crippen molar-refractivity contribution in [2.75, 3.05) is 7.05 Å². The maximum Gasteiger partial charge on any atom is 0.244 e. The first-order chi connectivity index (χ1) is 8.80. The Morgan fingerprint density at radius 1 is 1.37 bits per heavy atom. The average Bonchev–Trinajstić information content (AvgIpc) is 2.36. The van der Waals surface area contributed by atoms with Crippen molar-refractivity contribution < 1.29 is 8.42 Å². The van der Waals surface area contributed by atoms with Gasteiger partial charge in [0.1, 0.15) is 4.90 Å². The van der Waals surface area contributed by atoms with E-state index in [1.165, 1.54) is 4.31 Å². The fraction of sp³-hybridized carbons (Fsp3) is 0.615. The molecule has 5 nitrogen and oxygen atoms in total. The fourth-order valence-electron chi connectivity index (χ4n) is 2.03. The van der Waals surface area contributed by atoms with E-state index in [2.05, 4.69) is 18.8 Å². The third kappa shape index (κ3) is 3.75. The summed E-state index contributed by atoms with van der Waals surface area (Å²) in [5, 5.41) is 0. The zero-order valence-corrected chi connectivity index (χ0v) is 12.8. The number of sulfonamides is 1. The predicted octanol–water partition coefficient (Wildman–Crippen LogP) is 1.60. The van der Waals surface area contributed by atoms with E-state index in [-0.39, 0.29) is 17.5 Å². The largest absolute Gasteiger partial charge is 0.325 e. The summed E-state index contributed by atoms with van der Waals surface area (Å²) in [7, 11) is -1.93. The van der Waals surface area contributed by atoms with Crippen LogP contribution < -0.4 is 5.73 Å². The van der Waals surface area contributed by atoms with Gasteiger partial charge in [-0.1, -0.05) is 13.8 Å². The molecule has 0 fully saturated rings. The van der Waals surface area contributed by atoms with Gasteiger partial charge in [0, 0.05) is 25.8 Å². The summed E-state index contributed by atoms with van der Waals surface area (Å²) < 4.78 is 26.5. The summed E-state index contributed by atoms with van der Waals surface area (Å²) in [5.74, 6) is 0.440. The molecule has 0 amide bonds. The number of nitrogens with two attached hydrogens (primary N) is 1. The quantitative estimate of drug-likeness (QED) is 0.861. The molecule has 0 spiro atoms. The Labute approximate surface area is 115 Å². The molecule has 0 aliphatic heterocycles. The summed E-state index contributed by atoms with van der Waals surface area (Å²) in [6, 6.07) is 3.12. The SMILES string of the molecule is CC(C)CC(C)N(C)S(=O)(=O)c1cccnc1CN. The van der Waals surface area contributed by atoms with Crippen LogP contribution in [0.2, 0.25) is 0 Å². The highest BCUT2D eigenvalue weighted by Gasteiger charge is 2.27. The van der Waals surface area contributed by atoms with Crippen LogP contribution in [0.15, 0.2) is 23.2 Å². The van der Waals surface area contributed by atoms with Crippen molar-refractivity contribution in [2.45, 2.75) is 44.7 Å². The van der Waals surface area contributed by atoms with Gasteiger partial charge in [-0.25, -0.2) is 8.42 Å². The minimum atomic E-state index is -3.54. The summed E-state index contributed by atoms with van der Waals surface area (Å²) in [6.45, 7) is 6.18. The Kier molecular flexibility index (Phi) is 5.46. The molecule has 2 N–H and O–H groups in total. The molecule has 0 radical (unpaired) electrons. The van der Waals surface area contributed by atoms with Crippen LogP contribution in [-0.4, -0.2) is 30.8 Å². The van der Waals surface area contributed by atoms with Gasteiger partial charge in [-0.2, -0.15) is 4.31 Å². The monoisotopic (exact) mass is 285 g/mol. The first kappa shape index (κ1) is 16.1. The molecule has 0 aliphatic rings. The average molecular weight is 285 g/mol. The molecule has 0 aromatic carbocycles. The van der Waals surface area contributed by atoms with E-state index < -0.39 is 10.0 Å². The van der Waals surface area contributed by atoms with Crippen molar-refractivity contribution >= 4 is 10.0 Å². The van der Waals surface area contributed by atoms with Gasteiger partial charge >= 0.3 is 0 Å². The van der Waals surface area contributed by atoms with Gasteiger partial charge in [0.25, 0.3) is 0 Å². The third-order valence-electron chi connectivity index (χ3n) is 3.13. The Bertz CT molecular complexity index is 514. The standard InChI is InChI=1S/C13H23N3O2S/c1-10(2)8-11(3)16(4)19(17,18)13-6-5-7-15-12(13)9-14/h5-7,10-11H,8-9,14H2,1-4H3. The second-order valence-corrected chi connectivity index (χ2v) is 7.12. The zero-order chi connectivity index (χ0) is 14.6. The number of rotatable bonds is 6. The van der Waals surface area contributed by atoms with E-state index in [4.69, 9.17) is 5.73 Å². The van der Waals surface area contributed by atoms with Crippen LogP contribution in [0.5, 0.6) is 0 Å². The summed E-state index contributed by atoms with van der Waals surface area (Å²) in [4.78, 5) is 4.24. The topological polar surface area (TPSA) is 76.3 Å². The minimum absolute atomic E-state index is 0.0594. The molecule has 1 rings (SSSR count). The van der Waals surface area contributed by atoms with E-state index in [9.17, 15) is 8.42 Å². The van der Waals surface area contributed by atoms with Crippen LogP contribution in [-0.2, 0) is 16.6 Å². The summed E-state index contributed by atoms with van der Waals surface area (Å²) in [6.07, 6.45) is 2.37. The van der Waals surface area contributed by atoms with Gasteiger partial charge in [-0.15, -0.1) is 0 Å². The van der Waals surface area contributed by atoms with E-state index in [0.29, 0.717) is 11.6 Å².